The molecule has 1 aromatic rings. The first-order chi connectivity index (χ1) is 8.33. The van der Waals surface area contributed by atoms with Gasteiger partial charge in [0.05, 0.1) is 0 Å². The lowest BCUT2D eigenvalue weighted by Gasteiger charge is -2.38. The minimum absolute atomic E-state index is 0.309. The molecule has 0 unspecified atom stereocenters. The minimum Gasteiger partial charge on any atom is -0.356 e. The molecular formula is C12H19N5. The minimum atomic E-state index is 0.309. The molecule has 3 heterocycles. The van der Waals surface area contributed by atoms with Crippen LogP contribution in [-0.4, -0.2) is 42.2 Å². The van der Waals surface area contributed by atoms with Gasteiger partial charge < -0.3 is 15.5 Å². The summed E-state index contributed by atoms with van der Waals surface area (Å²) in [7, 11) is 0. The fourth-order valence-electron chi connectivity index (χ4n) is 2.51. The SMILES string of the molecule is NC1CN(c2cc(N3CCCCC3)ncn2)C1. The Morgan fingerprint density at radius 3 is 2.29 bits per heavy atom. The lowest BCUT2D eigenvalue weighted by molar-refractivity contribution is 0.513. The molecule has 2 N–H and O–H groups in total. The molecule has 17 heavy (non-hydrogen) atoms. The summed E-state index contributed by atoms with van der Waals surface area (Å²) >= 11 is 0. The Hall–Kier alpha value is -1.36. The van der Waals surface area contributed by atoms with Crippen molar-refractivity contribution in [3.05, 3.63) is 12.4 Å². The molecule has 92 valence electrons. The zero-order valence-electron chi connectivity index (χ0n) is 10.0. The Morgan fingerprint density at radius 2 is 1.65 bits per heavy atom. The maximum absolute atomic E-state index is 5.79. The van der Waals surface area contributed by atoms with Crippen LogP contribution in [-0.2, 0) is 0 Å². The Balaban J connectivity index is 1.74. The predicted molar refractivity (Wildman–Crippen MR) is 68.3 cm³/mol. The summed E-state index contributed by atoms with van der Waals surface area (Å²) in [6.45, 7) is 4.07. The Labute approximate surface area is 102 Å². The van der Waals surface area contributed by atoms with Crippen LogP contribution in [0.15, 0.2) is 12.4 Å². The van der Waals surface area contributed by atoms with Crippen molar-refractivity contribution in [2.24, 2.45) is 5.73 Å². The fraction of sp³-hybridized carbons (Fsp3) is 0.667. The van der Waals surface area contributed by atoms with Crippen molar-refractivity contribution in [2.45, 2.75) is 25.3 Å². The molecule has 0 radical (unpaired) electrons. The lowest BCUT2D eigenvalue weighted by Crippen LogP contribution is -2.56. The van der Waals surface area contributed by atoms with Gasteiger partial charge in [-0.25, -0.2) is 9.97 Å². The molecular weight excluding hydrogens is 214 g/mol. The summed E-state index contributed by atoms with van der Waals surface area (Å²) in [6, 6.07) is 2.40. The molecule has 2 aliphatic heterocycles. The van der Waals surface area contributed by atoms with Crippen molar-refractivity contribution in [1.29, 1.82) is 0 Å². The summed E-state index contributed by atoms with van der Waals surface area (Å²) in [6.07, 6.45) is 5.56. The van der Waals surface area contributed by atoms with Crippen LogP contribution in [0, 0.1) is 0 Å². The van der Waals surface area contributed by atoms with E-state index in [0.717, 1.165) is 37.8 Å². The van der Waals surface area contributed by atoms with E-state index in [4.69, 9.17) is 5.73 Å². The molecule has 0 amide bonds. The molecule has 0 aliphatic carbocycles. The summed E-state index contributed by atoms with van der Waals surface area (Å²) in [5, 5.41) is 0. The molecule has 1 aromatic heterocycles. The second kappa shape index (κ2) is 4.49. The number of aromatic nitrogens is 2. The van der Waals surface area contributed by atoms with E-state index in [9.17, 15) is 0 Å². The summed E-state index contributed by atoms with van der Waals surface area (Å²) in [5.74, 6) is 2.08. The number of piperidine rings is 1. The molecule has 2 aliphatic rings. The Bertz CT molecular complexity index is 382. The Kier molecular flexibility index (Phi) is 2.84. The van der Waals surface area contributed by atoms with Crippen molar-refractivity contribution in [3.8, 4) is 0 Å². The van der Waals surface area contributed by atoms with Gasteiger partial charge in [-0.3, -0.25) is 0 Å². The van der Waals surface area contributed by atoms with Gasteiger partial charge in [-0.2, -0.15) is 0 Å². The van der Waals surface area contributed by atoms with Gasteiger partial charge in [-0.15, -0.1) is 0 Å². The van der Waals surface area contributed by atoms with E-state index >= 15 is 0 Å². The fourth-order valence-corrected chi connectivity index (χ4v) is 2.51. The molecule has 0 spiro atoms. The number of hydrogen-bond acceptors (Lipinski definition) is 5. The van der Waals surface area contributed by atoms with E-state index < -0.39 is 0 Å². The number of rotatable bonds is 2. The predicted octanol–water partition coefficient (Wildman–Crippen LogP) is 0.614. The first-order valence-corrected chi connectivity index (χ1v) is 6.40. The summed E-state index contributed by atoms with van der Waals surface area (Å²) < 4.78 is 0. The summed E-state index contributed by atoms with van der Waals surface area (Å²) in [4.78, 5) is 13.3. The van der Waals surface area contributed by atoms with Gasteiger partial charge in [0.15, 0.2) is 0 Å². The highest BCUT2D eigenvalue weighted by Gasteiger charge is 2.25. The first kappa shape index (κ1) is 10.8. The van der Waals surface area contributed by atoms with E-state index in [0.29, 0.717) is 6.04 Å². The largest absolute Gasteiger partial charge is 0.356 e. The maximum atomic E-state index is 5.79. The van der Waals surface area contributed by atoms with Gasteiger partial charge in [-0.05, 0) is 19.3 Å². The third kappa shape index (κ3) is 2.20. The van der Waals surface area contributed by atoms with Crippen LogP contribution >= 0.6 is 0 Å². The van der Waals surface area contributed by atoms with Gasteiger partial charge in [0.2, 0.25) is 0 Å². The molecule has 2 saturated heterocycles. The lowest BCUT2D eigenvalue weighted by atomic mass is 10.1. The topological polar surface area (TPSA) is 58.3 Å². The summed E-state index contributed by atoms with van der Waals surface area (Å²) in [5.41, 5.74) is 5.79. The van der Waals surface area contributed by atoms with Gasteiger partial charge in [0, 0.05) is 38.3 Å². The van der Waals surface area contributed by atoms with Crippen molar-refractivity contribution in [1.82, 2.24) is 9.97 Å². The van der Waals surface area contributed by atoms with Gasteiger partial charge in [0.1, 0.15) is 18.0 Å². The normalized spacial score (nSPS) is 21.5. The van der Waals surface area contributed by atoms with Crippen molar-refractivity contribution < 1.29 is 0 Å². The van der Waals surface area contributed by atoms with Crippen molar-refractivity contribution in [3.63, 3.8) is 0 Å². The van der Waals surface area contributed by atoms with Crippen LogP contribution in [0.3, 0.4) is 0 Å². The van der Waals surface area contributed by atoms with Crippen molar-refractivity contribution >= 4 is 11.6 Å². The van der Waals surface area contributed by atoms with Crippen LogP contribution < -0.4 is 15.5 Å². The van der Waals surface area contributed by atoms with Crippen LogP contribution in [0.1, 0.15) is 19.3 Å². The highest BCUT2D eigenvalue weighted by Crippen LogP contribution is 2.23. The third-order valence-electron chi connectivity index (χ3n) is 3.55. The van der Waals surface area contributed by atoms with E-state index in [1.165, 1.54) is 19.3 Å². The molecule has 0 atom stereocenters. The Morgan fingerprint density at radius 1 is 1.00 bits per heavy atom. The molecule has 3 rings (SSSR count). The molecule has 0 bridgehead atoms. The monoisotopic (exact) mass is 233 g/mol. The van der Waals surface area contributed by atoms with E-state index in [-0.39, 0.29) is 0 Å². The number of nitrogens with zero attached hydrogens (tertiary/aromatic N) is 4. The zero-order valence-corrected chi connectivity index (χ0v) is 10.0. The van der Waals surface area contributed by atoms with Crippen LogP contribution in [0.5, 0.6) is 0 Å². The highest BCUT2D eigenvalue weighted by molar-refractivity contribution is 5.52. The highest BCUT2D eigenvalue weighted by atomic mass is 15.3. The van der Waals surface area contributed by atoms with Gasteiger partial charge in [0.25, 0.3) is 0 Å². The van der Waals surface area contributed by atoms with Crippen LogP contribution in [0.4, 0.5) is 11.6 Å². The maximum Gasteiger partial charge on any atom is 0.134 e. The average Bonchev–Trinajstić information content (AvgIpc) is 2.36. The second-order valence-electron chi connectivity index (χ2n) is 4.95. The van der Waals surface area contributed by atoms with E-state index in [1.807, 2.05) is 0 Å². The van der Waals surface area contributed by atoms with E-state index in [1.54, 1.807) is 6.33 Å². The first-order valence-electron chi connectivity index (χ1n) is 6.40. The molecule has 2 fully saturated rings. The van der Waals surface area contributed by atoms with Gasteiger partial charge >= 0.3 is 0 Å². The number of anilines is 2. The number of nitrogens with two attached hydrogens (primary N) is 1. The standard InChI is InChI=1S/C12H19N5/c13-10-7-17(8-10)12-6-11(14-9-15-12)16-4-2-1-3-5-16/h6,9-10H,1-5,7-8,13H2. The van der Waals surface area contributed by atoms with Crippen LogP contribution in [0.25, 0.3) is 0 Å². The smallest absolute Gasteiger partial charge is 0.134 e. The second-order valence-corrected chi connectivity index (χ2v) is 4.95. The molecule has 0 saturated carbocycles. The van der Waals surface area contributed by atoms with Crippen molar-refractivity contribution in [2.75, 3.05) is 36.0 Å². The molecule has 5 heteroatoms. The average molecular weight is 233 g/mol. The zero-order chi connectivity index (χ0) is 11.7. The third-order valence-corrected chi connectivity index (χ3v) is 3.55. The number of hydrogen-bond donors (Lipinski definition) is 1. The quantitative estimate of drug-likeness (QED) is 0.811. The molecule has 0 aromatic carbocycles. The van der Waals surface area contributed by atoms with E-state index in [2.05, 4.69) is 25.8 Å². The molecule has 5 nitrogen and oxygen atoms in total. The van der Waals surface area contributed by atoms with Crippen LogP contribution in [0.2, 0.25) is 0 Å². The van der Waals surface area contributed by atoms with Gasteiger partial charge in [-0.1, -0.05) is 0 Å².